The number of nitrogens with zero attached hydrogens (tertiary/aromatic N) is 4. The van der Waals surface area contributed by atoms with Crippen LogP contribution in [0.15, 0.2) is 15.9 Å². The number of hydrogen-bond donors (Lipinski definition) is 2. The molecule has 0 aliphatic carbocycles. The lowest BCUT2D eigenvalue weighted by Crippen LogP contribution is -2.38. The first-order valence-corrected chi connectivity index (χ1v) is 9.59. The van der Waals surface area contributed by atoms with Crippen LogP contribution in [0.3, 0.4) is 0 Å². The van der Waals surface area contributed by atoms with E-state index in [0.29, 0.717) is 42.4 Å². The van der Waals surface area contributed by atoms with Crippen LogP contribution < -0.4 is 21.2 Å². The fraction of sp³-hybridized carbons (Fsp3) is 0.571. The second-order valence-corrected chi connectivity index (χ2v) is 7.47. The standard InChI is InChI=1S/C14H20N6O5S/c1-19-10-11(18-13(21)14(19)22)16-8-17-12(10)20-5-2-9(3-6-20)4-7-25-26(15,23)24/h8-9H,2-7H2,1H3,(H2,15,23,24)(H,16,17,18,21). The Bertz CT molecular complexity index is 1020. The van der Waals surface area contributed by atoms with Crippen LogP contribution in [0.1, 0.15) is 19.3 Å². The minimum Gasteiger partial charge on any atom is -0.355 e. The van der Waals surface area contributed by atoms with E-state index in [9.17, 15) is 18.0 Å². The van der Waals surface area contributed by atoms with Crippen LogP contribution in [0.5, 0.6) is 0 Å². The van der Waals surface area contributed by atoms with Crippen molar-refractivity contribution in [3.63, 3.8) is 0 Å². The van der Waals surface area contributed by atoms with Crippen molar-refractivity contribution in [3.05, 3.63) is 27.0 Å². The van der Waals surface area contributed by atoms with Gasteiger partial charge in [-0.15, -0.1) is 0 Å². The number of piperidine rings is 1. The van der Waals surface area contributed by atoms with Gasteiger partial charge in [-0.25, -0.2) is 15.1 Å². The second kappa shape index (κ2) is 7.13. The van der Waals surface area contributed by atoms with E-state index in [1.807, 2.05) is 4.90 Å². The van der Waals surface area contributed by atoms with Crippen molar-refractivity contribution in [3.8, 4) is 0 Å². The highest BCUT2D eigenvalue weighted by atomic mass is 32.2. The number of aromatic nitrogens is 4. The highest BCUT2D eigenvalue weighted by molar-refractivity contribution is 7.84. The van der Waals surface area contributed by atoms with Crippen molar-refractivity contribution in [2.24, 2.45) is 18.1 Å². The van der Waals surface area contributed by atoms with Gasteiger partial charge in [0.05, 0.1) is 6.61 Å². The average Bonchev–Trinajstić information content (AvgIpc) is 2.59. The monoisotopic (exact) mass is 384 g/mol. The van der Waals surface area contributed by atoms with Gasteiger partial charge in [-0.2, -0.15) is 8.42 Å². The van der Waals surface area contributed by atoms with Gasteiger partial charge in [0.15, 0.2) is 11.5 Å². The molecule has 2 aromatic heterocycles. The lowest BCUT2D eigenvalue weighted by atomic mass is 9.94. The topological polar surface area (TPSA) is 153 Å². The summed E-state index contributed by atoms with van der Waals surface area (Å²) >= 11 is 0. The smallest absolute Gasteiger partial charge is 0.333 e. The molecule has 0 atom stereocenters. The summed E-state index contributed by atoms with van der Waals surface area (Å²) in [6.45, 7) is 1.43. The molecule has 3 rings (SSSR count). The normalized spacial score (nSPS) is 16.3. The molecule has 0 aromatic carbocycles. The van der Waals surface area contributed by atoms with Gasteiger partial charge in [-0.1, -0.05) is 0 Å². The molecule has 3 N–H and O–H groups in total. The van der Waals surface area contributed by atoms with Crippen LogP contribution in [-0.4, -0.2) is 47.6 Å². The molecular formula is C14H20N6O5S. The molecule has 0 radical (unpaired) electrons. The lowest BCUT2D eigenvalue weighted by Gasteiger charge is -2.33. The first-order valence-electron chi connectivity index (χ1n) is 8.12. The third kappa shape index (κ3) is 3.92. The van der Waals surface area contributed by atoms with Crippen molar-refractivity contribution in [2.45, 2.75) is 19.3 Å². The van der Waals surface area contributed by atoms with Gasteiger partial charge in [0.2, 0.25) is 0 Å². The Hall–Kier alpha value is -2.31. The van der Waals surface area contributed by atoms with E-state index in [0.717, 1.165) is 12.8 Å². The number of nitrogens with one attached hydrogen (secondary N) is 1. The minimum atomic E-state index is -3.90. The number of hydrogen-bond acceptors (Lipinski definition) is 8. The maximum atomic E-state index is 11.9. The molecule has 3 heterocycles. The van der Waals surface area contributed by atoms with Crippen molar-refractivity contribution in [1.29, 1.82) is 0 Å². The van der Waals surface area contributed by atoms with E-state index in [4.69, 9.17) is 5.14 Å². The van der Waals surface area contributed by atoms with Crippen LogP contribution in [0.4, 0.5) is 5.82 Å². The molecule has 0 saturated carbocycles. The number of anilines is 1. The number of rotatable bonds is 5. The summed E-state index contributed by atoms with van der Waals surface area (Å²) in [5.41, 5.74) is -0.597. The summed E-state index contributed by atoms with van der Waals surface area (Å²) in [5.74, 6) is 0.898. The Morgan fingerprint density at radius 1 is 1.31 bits per heavy atom. The quantitative estimate of drug-likeness (QED) is 0.612. The molecular weight excluding hydrogens is 364 g/mol. The zero-order valence-corrected chi connectivity index (χ0v) is 15.0. The minimum absolute atomic E-state index is 0.0652. The molecule has 2 aromatic rings. The number of H-pyrrole nitrogens is 1. The number of aromatic amines is 1. The Morgan fingerprint density at radius 2 is 2.00 bits per heavy atom. The van der Waals surface area contributed by atoms with E-state index in [1.165, 1.54) is 17.9 Å². The van der Waals surface area contributed by atoms with Crippen LogP contribution in [0.2, 0.25) is 0 Å². The van der Waals surface area contributed by atoms with Gasteiger partial charge in [-0.3, -0.25) is 13.8 Å². The largest absolute Gasteiger partial charge is 0.355 e. The molecule has 1 saturated heterocycles. The van der Waals surface area contributed by atoms with E-state index >= 15 is 0 Å². The van der Waals surface area contributed by atoms with Gasteiger partial charge < -0.3 is 14.5 Å². The molecule has 1 aliphatic heterocycles. The van der Waals surface area contributed by atoms with Gasteiger partial charge >= 0.3 is 21.4 Å². The van der Waals surface area contributed by atoms with Crippen molar-refractivity contribution >= 4 is 27.3 Å². The Balaban J connectivity index is 1.75. The molecule has 142 valence electrons. The molecule has 11 nitrogen and oxygen atoms in total. The molecule has 1 fully saturated rings. The van der Waals surface area contributed by atoms with E-state index in [-0.39, 0.29) is 6.61 Å². The number of aryl methyl sites for hydroxylation is 1. The first kappa shape index (κ1) is 18.5. The van der Waals surface area contributed by atoms with E-state index in [2.05, 4.69) is 19.1 Å². The second-order valence-electron chi connectivity index (χ2n) is 6.25. The highest BCUT2D eigenvalue weighted by Crippen LogP contribution is 2.27. The molecule has 26 heavy (non-hydrogen) atoms. The lowest BCUT2D eigenvalue weighted by molar-refractivity contribution is 0.262. The maximum Gasteiger partial charge on any atom is 0.333 e. The van der Waals surface area contributed by atoms with Gasteiger partial charge in [0, 0.05) is 20.1 Å². The van der Waals surface area contributed by atoms with Crippen LogP contribution in [0.25, 0.3) is 11.2 Å². The van der Waals surface area contributed by atoms with Crippen molar-refractivity contribution in [1.82, 2.24) is 19.5 Å². The van der Waals surface area contributed by atoms with Crippen molar-refractivity contribution in [2.75, 3.05) is 24.6 Å². The molecule has 12 heteroatoms. The van der Waals surface area contributed by atoms with Crippen LogP contribution in [-0.2, 0) is 21.5 Å². The molecule has 0 spiro atoms. The zero-order chi connectivity index (χ0) is 18.9. The first-order chi connectivity index (χ1) is 12.3. The predicted octanol–water partition coefficient (Wildman–Crippen LogP) is -1.16. The van der Waals surface area contributed by atoms with Crippen LogP contribution >= 0.6 is 0 Å². The number of nitrogens with two attached hydrogens (primary N) is 1. The summed E-state index contributed by atoms with van der Waals surface area (Å²) in [4.78, 5) is 36.4. The Kier molecular flexibility index (Phi) is 5.07. The van der Waals surface area contributed by atoms with E-state index < -0.39 is 21.4 Å². The summed E-state index contributed by atoms with van der Waals surface area (Å²) in [6.07, 6.45) is 3.58. The fourth-order valence-corrected chi connectivity index (χ4v) is 3.51. The summed E-state index contributed by atoms with van der Waals surface area (Å²) in [5, 5.41) is 4.81. The molecule has 0 unspecified atom stereocenters. The zero-order valence-electron chi connectivity index (χ0n) is 14.2. The third-order valence-corrected chi connectivity index (χ3v) is 5.05. The summed E-state index contributed by atoms with van der Waals surface area (Å²) in [7, 11) is -2.39. The van der Waals surface area contributed by atoms with E-state index in [1.54, 1.807) is 0 Å². The SMILES string of the molecule is Cn1c(=O)c(=O)[nH]c2ncnc(N3CCC(CCOS(N)(=O)=O)CC3)c21. The Morgan fingerprint density at radius 3 is 2.65 bits per heavy atom. The van der Waals surface area contributed by atoms with Gasteiger partial charge in [-0.05, 0) is 25.2 Å². The van der Waals surface area contributed by atoms with Crippen molar-refractivity contribution < 1.29 is 12.6 Å². The molecule has 0 amide bonds. The fourth-order valence-electron chi connectivity index (χ4n) is 3.18. The van der Waals surface area contributed by atoms with Gasteiger partial charge in [0.1, 0.15) is 11.8 Å². The summed E-state index contributed by atoms with van der Waals surface area (Å²) in [6, 6.07) is 0. The molecule has 0 bridgehead atoms. The molecule has 1 aliphatic rings. The number of fused-ring (bicyclic) bond motifs is 1. The highest BCUT2D eigenvalue weighted by Gasteiger charge is 2.23. The third-order valence-electron chi connectivity index (χ3n) is 4.56. The van der Waals surface area contributed by atoms with Gasteiger partial charge in [0.25, 0.3) is 0 Å². The van der Waals surface area contributed by atoms with Crippen LogP contribution in [0, 0.1) is 5.92 Å². The predicted molar refractivity (Wildman–Crippen MR) is 94.0 cm³/mol. The maximum absolute atomic E-state index is 11.9. The Labute approximate surface area is 149 Å². The summed E-state index contributed by atoms with van der Waals surface area (Å²) < 4.78 is 27.4. The average molecular weight is 384 g/mol.